The normalized spacial score (nSPS) is 13.8. The molecule has 0 atom stereocenters. The molecule has 1 aromatic heterocycles. The van der Waals surface area contributed by atoms with Gasteiger partial charge in [-0.3, -0.25) is 4.79 Å². The minimum Gasteiger partial charge on any atom is -0.381 e. The molecule has 98 valence electrons. The fourth-order valence-electron chi connectivity index (χ4n) is 1.84. The highest BCUT2D eigenvalue weighted by molar-refractivity contribution is 9.11. The first-order valence-electron chi connectivity index (χ1n) is 5.74. The second-order valence-electron chi connectivity index (χ2n) is 4.16. The molecule has 0 aliphatic carbocycles. The molecule has 0 bridgehead atoms. The summed E-state index contributed by atoms with van der Waals surface area (Å²) in [6.45, 7) is 0.780. The molecule has 1 aromatic carbocycles. The number of benzene rings is 1. The zero-order valence-corrected chi connectivity index (χ0v) is 13.1. The van der Waals surface area contributed by atoms with Gasteiger partial charge in [-0.1, -0.05) is 0 Å². The minimum atomic E-state index is 0.0661. The second kappa shape index (κ2) is 5.56. The van der Waals surface area contributed by atoms with Gasteiger partial charge < -0.3 is 10.6 Å². The Kier molecular flexibility index (Phi) is 3.81. The maximum Gasteiger partial charge on any atom is 0.234 e. The molecule has 0 saturated carbocycles. The number of fused-ring (bicyclic) bond motifs is 1. The smallest absolute Gasteiger partial charge is 0.234 e. The lowest BCUT2D eigenvalue weighted by Crippen LogP contribution is -2.18. The second-order valence-corrected chi connectivity index (χ2v) is 7.47. The Morgan fingerprint density at radius 1 is 1.37 bits per heavy atom. The van der Waals surface area contributed by atoms with E-state index < -0.39 is 0 Å². The molecular weight excluding hydrogens is 344 g/mol. The first kappa shape index (κ1) is 13.0. The molecule has 0 radical (unpaired) electrons. The van der Waals surface area contributed by atoms with Crippen LogP contribution in [0.1, 0.15) is 5.56 Å². The van der Waals surface area contributed by atoms with E-state index in [4.69, 9.17) is 0 Å². The van der Waals surface area contributed by atoms with Gasteiger partial charge in [-0.05, 0) is 51.1 Å². The van der Waals surface area contributed by atoms with Gasteiger partial charge in [0.25, 0.3) is 0 Å². The van der Waals surface area contributed by atoms with Gasteiger partial charge in [0.15, 0.2) is 0 Å². The van der Waals surface area contributed by atoms with Gasteiger partial charge >= 0.3 is 0 Å². The van der Waals surface area contributed by atoms with Crippen LogP contribution >= 0.6 is 39.0 Å². The van der Waals surface area contributed by atoms with Crippen LogP contribution in [0.15, 0.2) is 38.3 Å². The van der Waals surface area contributed by atoms with E-state index in [2.05, 4.69) is 38.0 Å². The third-order valence-corrected chi connectivity index (χ3v) is 5.36. The first-order chi connectivity index (χ1) is 9.20. The predicted molar refractivity (Wildman–Crippen MR) is 85.1 cm³/mol. The van der Waals surface area contributed by atoms with Gasteiger partial charge in [0, 0.05) is 17.1 Å². The summed E-state index contributed by atoms with van der Waals surface area (Å²) < 4.78 is 1.14. The number of rotatable bonds is 3. The SMILES string of the molecule is O=C1CSc2ccc(NCc3csc(Br)c3)cc2N1. The average molecular weight is 355 g/mol. The van der Waals surface area contributed by atoms with Crippen LogP contribution in [-0.2, 0) is 11.3 Å². The maximum absolute atomic E-state index is 11.4. The molecule has 0 unspecified atom stereocenters. The molecule has 1 aliphatic heterocycles. The molecule has 19 heavy (non-hydrogen) atoms. The monoisotopic (exact) mass is 354 g/mol. The number of anilines is 2. The van der Waals surface area contributed by atoms with Crippen LogP contribution < -0.4 is 10.6 Å². The van der Waals surface area contributed by atoms with E-state index in [0.717, 1.165) is 26.6 Å². The summed E-state index contributed by atoms with van der Waals surface area (Å²) in [5, 5.41) is 8.38. The summed E-state index contributed by atoms with van der Waals surface area (Å²) in [5.41, 5.74) is 3.16. The summed E-state index contributed by atoms with van der Waals surface area (Å²) in [4.78, 5) is 12.5. The Bertz CT molecular complexity index is 627. The molecule has 2 heterocycles. The van der Waals surface area contributed by atoms with E-state index in [1.807, 2.05) is 18.2 Å². The lowest BCUT2D eigenvalue weighted by molar-refractivity contribution is -0.113. The maximum atomic E-state index is 11.4. The van der Waals surface area contributed by atoms with Crippen LogP contribution in [0.25, 0.3) is 0 Å². The number of amides is 1. The largest absolute Gasteiger partial charge is 0.381 e. The molecule has 0 saturated heterocycles. The van der Waals surface area contributed by atoms with Crippen LogP contribution in [0.2, 0.25) is 0 Å². The van der Waals surface area contributed by atoms with E-state index in [1.165, 1.54) is 5.56 Å². The summed E-state index contributed by atoms with van der Waals surface area (Å²) in [6, 6.07) is 8.19. The van der Waals surface area contributed by atoms with Crippen molar-refractivity contribution < 1.29 is 4.79 Å². The van der Waals surface area contributed by atoms with Crippen LogP contribution in [0.3, 0.4) is 0 Å². The van der Waals surface area contributed by atoms with Gasteiger partial charge in [-0.15, -0.1) is 23.1 Å². The molecule has 2 aromatic rings. The fourth-order valence-corrected chi connectivity index (χ4v) is 3.83. The number of carbonyl (C=O) groups is 1. The lowest BCUT2D eigenvalue weighted by Gasteiger charge is -2.17. The van der Waals surface area contributed by atoms with Gasteiger partial charge in [-0.2, -0.15) is 0 Å². The first-order valence-corrected chi connectivity index (χ1v) is 8.40. The number of halogens is 1. The zero-order valence-electron chi connectivity index (χ0n) is 9.90. The van der Waals surface area contributed by atoms with Gasteiger partial charge in [0.2, 0.25) is 5.91 Å². The quantitative estimate of drug-likeness (QED) is 0.868. The molecule has 0 fully saturated rings. The molecule has 6 heteroatoms. The Labute approximate surface area is 127 Å². The summed E-state index contributed by atoms with van der Waals surface area (Å²) >= 11 is 6.71. The van der Waals surface area contributed by atoms with Crippen molar-refractivity contribution in [2.45, 2.75) is 11.4 Å². The van der Waals surface area contributed by atoms with E-state index in [1.54, 1.807) is 23.1 Å². The Morgan fingerprint density at radius 3 is 3.05 bits per heavy atom. The number of hydrogen-bond acceptors (Lipinski definition) is 4. The number of nitrogens with one attached hydrogen (secondary N) is 2. The number of carbonyl (C=O) groups excluding carboxylic acids is 1. The van der Waals surface area contributed by atoms with Gasteiger partial charge in [0.05, 0.1) is 15.2 Å². The zero-order chi connectivity index (χ0) is 13.2. The number of thioether (sulfide) groups is 1. The predicted octanol–water partition coefficient (Wildman–Crippen LogP) is 4.17. The van der Waals surface area contributed by atoms with E-state index in [0.29, 0.717) is 5.75 Å². The third kappa shape index (κ3) is 3.13. The molecule has 1 aliphatic rings. The Morgan fingerprint density at radius 2 is 2.26 bits per heavy atom. The topological polar surface area (TPSA) is 41.1 Å². The summed E-state index contributed by atoms with van der Waals surface area (Å²) in [6.07, 6.45) is 0. The van der Waals surface area contributed by atoms with Crippen molar-refractivity contribution in [3.63, 3.8) is 0 Å². The molecule has 3 nitrogen and oxygen atoms in total. The highest BCUT2D eigenvalue weighted by Crippen LogP contribution is 2.33. The highest BCUT2D eigenvalue weighted by atomic mass is 79.9. The fraction of sp³-hybridized carbons (Fsp3) is 0.154. The van der Waals surface area contributed by atoms with Crippen molar-refractivity contribution in [3.8, 4) is 0 Å². The van der Waals surface area contributed by atoms with Crippen molar-refractivity contribution in [2.75, 3.05) is 16.4 Å². The van der Waals surface area contributed by atoms with Crippen LogP contribution in [-0.4, -0.2) is 11.7 Å². The highest BCUT2D eigenvalue weighted by Gasteiger charge is 2.15. The summed E-state index contributed by atoms with van der Waals surface area (Å²) in [7, 11) is 0. The number of hydrogen-bond donors (Lipinski definition) is 2. The van der Waals surface area contributed by atoms with E-state index in [9.17, 15) is 4.79 Å². The Hall–Kier alpha value is -0.980. The third-order valence-electron chi connectivity index (χ3n) is 2.73. The van der Waals surface area contributed by atoms with Gasteiger partial charge in [0.1, 0.15) is 0 Å². The summed E-state index contributed by atoms with van der Waals surface area (Å²) in [5.74, 6) is 0.569. The van der Waals surface area contributed by atoms with Crippen molar-refractivity contribution in [1.29, 1.82) is 0 Å². The number of thiophene rings is 1. The molecule has 0 spiro atoms. The van der Waals surface area contributed by atoms with Crippen LogP contribution in [0.4, 0.5) is 11.4 Å². The molecular formula is C13H11BrN2OS2. The molecule has 3 rings (SSSR count). The van der Waals surface area contributed by atoms with Crippen LogP contribution in [0.5, 0.6) is 0 Å². The lowest BCUT2D eigenvalue weighted by atomic mass is 10.2. The Balaban J connectivity index is 1.71. The standard InChI is InChI=1S/C13H11BrN2OS2/c14-12-3-8(6-19-12)5-15-9-1-2-11-10(4-9)16-13(17)7-18-11/h1-4,6,15H,5,7H2,(H,16,17). The molecule has 2 N–H and O–H groups in total. The van der Waals surface area contributed by atoms with Crippen molar-refractivity contribution in [1.82, 2.24) is 0 Å². The van der Waals surface area contributed by atoms with Crippen molar-refractivity contribution in [2.24, 2.45) is 0 Å². The van der Waals surface area contributed by atoms with E-state index >= 15 is 0 Å². The van der Waals surface area contributed by atoms with Crippen LogP contribution in [0, 0.1) is 0 Å². The van der Waals surface area contributed by atoms with Gasteiger partial charge in [-0.25, -0.2) is 0 Å². The molecule has 1 amide bonds. The average Bonchev–Trinajstić information content (AvgIpc) is 2.81. The van der Waals surface area contributed by atoms with Crippen molar-refractivity contribution in [3.05, 3.63) is 39.0 Å². The van der Waals surface area contributed by atoms with E-state index in [-0.39, 0.29) is 5.91 Å². The van der Waals surface area contributed by atoms with Crippen molar-refractivity contribution >= 4 is 56.3 Å². The minimum absolute atomic E-state index is 0.0661.